The Labute approximate surface area is 98.0 Å². The lowest BCUT2D eigenvalue weighted by Gasteiger charge is -2.22. The second kappa shape index (κ2) is 4.00. The lowest BCUT2D eigenvalue weighted by atomic mass is 9.85. The SMILES string of the molecule is Cc1cc(C(C)(C)C)cc2c1NCCCO2. The standard InChI is InChI=1S/C14H21NO/c1-10-8-11(14(2,3)4)9-12-13(10)15-6-5-7-16-12/h8-9,15H,5-7H2,1-4H3. The molecule has 1 aliphatic rings. The average molecular weight is 219 g/mol. The summed E-state index contributed by atoms with van der Waals surface area (Å²) in [5, 5.41) is 3.45. The van der Waals surface area contributed by atoms with Crippen LogP contribution in [0.5, 0.6) is 5.75 Å². The average Bonchev–Trinajstić information content (AvgIpc) is 2.41. The number of rotatable bonds is 0. The fraction of sp³-hybridized carbons (Fsp3) is 0.571. The summed E-state index contributed by atoms with van der Waals surface area (Å²) in [5.74, 6) is 1.02. The van der Waals surface area contributed by atoms with E-state index in [1.165, 1.54) is 16.8 Å². The van der Waals surface area contributed by atoms with Crippen molar-refractivity contribution in [1.82, 2.24) is 0 Å². The molecule has 0 saturated heterocycles. The molecule has 88 valence electrons. The lowest BCUT2D eigenvalue weighted by Crippen LogP contribution is -2.12. The molecule has 0 bridgehead atoms. The molecule has 1 aromatic rings. The van der Waals surface area contributed by atoms with E-state index in [0.29, 0.717) is 0 Å². The smallest absolute Gasteiger partial charge is 0.142 e. The van der Waals surface area contributed by atoms with Crippen LogP contribution in [0.3, 0.4) is 0 Å². The largest absolute Gasteiger partial charge is 0.491 e. The molecule has 1 aliphatic heterocycles. The molecule has 16 heavy (non-hydrogen) atoms. The van der Waals surface area contributed by atoms with Crippen LogP contribution in [0, 0.1) is 6.92 Å². The van der Waals surface area contributed by atoms with Crippen LogP contribution in [0.25, 0.3) is 0 Å². The van der Waals surface area contributed by atoms with E-state index < -0.39 is 0 Å². The zero-order chi connectivity index (χ0) is 11.8. The molecule has 1 aromatic carbocycles. The Morgan fingerprint density at radius 3 is 2.69 bits per heavy atom. The van der Waals surface area contributed by atoms with Gasteiger partial charge in [0.2, 0.25) is 0 Å². The molecule has 0 atom stereocenters. The van der Waals surface area contributed by atoms with Crippen LogP contribution in [0.4, 0.5) is 5.69 Å². The zero-order valence-electron chi connectivity index (χ0n) is 10.7. The summed E-state index contributed by atoms with van der Waals surface area (Å²) in [4.78, 5) is 0. The number of aryl methyl sites for hydroxylation is 1. The Morgan fingerprint density at radius 2 is 2.00 bits per heavy atom. The maximum Gasteiger partial charge on any atom is 0.142 e. The van der Waals surface area contributed by atoms with Crippen molar-refractivity contribution in [1.29, 1.82) is 0 Å². The second-order valence-corrected chi connectivity index (χ2v) is 5.55. The quantitative estimate of drug-likeness (QED) is 0.721. The highest BCUT2D eigenvalue weighted by molar-refractivity contribution is 5.64. The normalized spacial score (nSPS) is 15.8. The number of hydrogen-bond donors (Lipinski definition) is 1. The molecule has 2 rings (SSSR count). The molecule has 2 nitrogen and oxygen atoms in total. The topological polar surface area (TPSA) is 21.3 Å². The Balaban J connectivity index is 2.48. The van der Waals surface area contributed by atoms with Crippen molar-refractivity contribution in [3.8, 4) is 5.75 Å². The molecule has 0 saturated carbocycles. The summed E-state index contributed by atoms with van der Waals surface area (Å²) >= 11 is 0. The number of anilines is 1. The summed E-state index contributed by atoms with van der Waals surface area (Å²) in [6, 6.07) is 4.45. The maximum absolute atomic E-state index is 5.80. The minimum atomic E-state index is 0.176. The van der Waals surface area contributed by atoms with E-state index in [1.807, 2.05) is 0 Å². The van der Waals surface area contributed by atoms with Gasteiger partial charge in [0.05, 0.1) is 12.3 Å². The highest BCUT2D eigenvalue weighted by atomic mass is 16.5. The first-order valence-electron chi connectivity index (χ1n) is 6.00. The van der Waals surface area contributed by atoms with Gasteiger partial charge in [-0.15, -0.1) is 0 Å². The van der Waals surface area contributed by atoms with Crippen LogP contribution in [0.15, 0.2) is 12.1 Å². The molecule has 0 unspecified atom stereocenters. The van der Waals surface area contributed by atoms with Gasteiger partial charge in [0.15, 0.2) is 0 Å². The van der Waals surface area contributed by atoms with Gasteiger partial charge in [-0.1, -0.05) is 26.8 Å². The van der Waals surface area contributed by atoms with Gasteiger partial charge in [0.1, 0.15) is 5.75 Å². The van der Waals surface area contributed by atoms with E-state index in [-0.39, 0.29) is 5.41 Å². The van der Waals surface area contributed by atoms with E-state index in [0.717, 1.165) is 25.3 Å². The number of fused-ring (bicyclic) bond motifs is 1. The molecule has 2 heteroatoms. The third-order valence-corrected chi connectivity index (χ3v) is 3.05. The molecule has 0 fully saturated rings. The molecule has 0 spiro atoms. The summed E-state index contributed by atoms with van der Waals surface area (Å²) in [6.45, 7) is 10.7. The Kier molecular flexibility index (Phi) is 2.83. The minimum absolute atomic E-state index is 0.176. The Hall–Kier alpha value is -1.18. The summed E-state index contributed by atoms with van der Waals surface area (Å²) in [6.07, 6.45) is 1.07. The number of nitrogens with one attached hydrogen (secondary N) is 1. The van der Waals surface area contributed by atoms with Gasteiger partial charge in [0.25, 0.3) is 0 Å². The van der Waals surface area contributed by atoms with E-state index in [2.05, 4.69) is 45.1 Å². The lowest BCUT2D eigenvalue weighted by molar-refractivity contribution is 0.322. The fourth-order valence-electron chi connectivity index (χ4n) is 2.00. The van der Waals surface area contributed by atoms with Crippen LogP contribution < -0.4 is 10.1 Å². The molecule has 0 aliphatic carbocycles. The number of ether oxygens (including phenoxy) is 1. The highest BCUT2D eigenvalue weighted by Crippen LogP contribution is 2.35. The molecule has 0 amide bonds. The Bertz CT molecular complexity index is 390. The first kappa shape index (κ1) is 11.3. The van der Waals surface area contributed by atoms with E-state index in [9.17, 15) is 0 Å². The predicted molar refractivity (Wildman–Crippen MR) is 68.5 cm³/mol. The van der Waals surface area contributed by atoms with Gasteiger partial charge in [-0.05, 0) is 36.0 Å². The monoisotopic (exact) mass is 219 g/mol. The third-order valence-electron chi connectivity index (χ3n) is 3.05. The first-order valence-corrected chi connectivity index (χ1v) is 6.00. The van der Waals surface area contributed by atoms with Crippen molar-refractivity contribution >= 4 is 5.69 Å². The van der Waals surface area contributed by atoms with Gasteiger partial charge < -0.3 is 10.1 Å². The second-order valence-electron chi connectivity index (χ2n) is 5.55. The molecule has 1 heterocycles. The minimum Gasteiger partial charge on any atom is -0.491 e. The van der Waals surface area contributed by atoms with Crippen molar-refractivity contribution < 1.29 is 4.74 Å². The fourth-order valence-corrected chi connectivity index (χ4v) is 2.00. The van der Waals surface area contributed by atoms with Crippen LogP contribution in [-0.2, 0) is 5.41 Å². The number of benzene rings is 1. The van der Waals surface area contributed by atoms with Gasteiger partial charge in [-0.2, -0.15) is 0 Å². The van der Waals surface area contributed by atoms with Crippen molar-refractivity contribution in [2.45, 2.75) is 39.5 Å². The van der Waals surface area contributed by atoms with Crippen molar-refractivity contribution in [2.24, 2.45) is 0 Å². The predicted octanol–water partition coefficient (Wildman–Crippen LogP) is 3.49. The highest BCUT2D eigenvalue weighted by Gasteiger charge is 2.19. The van der Waals surface area contributed by atoms with Crippen molar-refractivity contribution in [3.05, 3.63) is 23.3 Å². The molecule has 0 radical (unpaired) electrons. The van der Waals surface area contributed by atoms with Crippen molar-refractivity contribution in [2.75, 3.05) is 18.5 Å². The summed E-state index contributed by atoms with van der Waals surface area (Å²) in [7, 11) is 0. The number of hydrogen-bond acceptors (Lipinski definition) is 2. The van der Waals surface area contributed by atoms with Crippen molar-refractivity contribution in [3.63, 3.8) is 0 Å². The van der Waals surface area contributed by atoms with E-state index in [4.69, 9.17) is 4.74 Å². The van der Waals surface area contributed by atoms with E-state index in [1.54, 1.807) is 0 Å². The zero-order valence-corrected chi connectivity index (χ0v) is 10.7. The molecule has 1 N–H and O–H groups in total. The van der Waals surface area contributed by atoms with Crippen LogP contribution in [0.1, 0.15) is 38.3 Å². The third kappa shape index (κ3) is 2.16. The van der Waals surface area contributed by atoms with E-state index >= 15 is 0 Å². The molecular formula is C14H21NO. The van der Waals surface area contributed by atoms with Gasteiger partial charge in [0, 0.05) is 6.54 Å². The van der Waals surface area contributed by atoms with Gasteiger partial charge in [-0.3, -0.25) is 0 Å². The maximum atomic E-state index is 5.80. The Morgan fingerprint density at radius 1 is 1.25 bits per heavy atom. The summed E-state index contributed by atoms with van der Waals surface area (Å²) < 4.78 is 5.80. The molecular weight excluding hydrogens is 198 g/mol. The van der Waals surface area contributed by atoms with Crippen LogP contribution >= 0.6 is 0 Å². The van der Waals surface area contributed by atoms with Gasteiger partial charge >= 0.3 is 0 Å². The molecule has 0 aromatic heterocycles. The van der Waals surface area contributed by atoms with Crippen LogP contribution in [-0.4, -0.2) is 13.2 Å². The van der Waals surface area contributed by atoms with Gasteiger partial charge in [-0.25, -0.2) is 0 Å². The first-order chi connectivity index (χ1) is 7.48. The summed E-state index contributed by atoms with van der Waals surface area (Å²) in [5.41, 5.74) is 3.97. The van der Waals surface area contributed by atoms with Crippen LogP contribution in [0.2, 0.25) is 0 Å².